The molecule has 0 radical (unpaired) electrons. The number of aliphatic imine (C=N–C) groups is 1. The van der Waals surface area contributed by atoms with Gasteiger partial charge in [-0.15, -0.1) is 5.10 Å². The van der Waals surface area contributed by atoms with Crippen LogP contribution in [0.5, 0.6) is 0 Å². The van der Waals surface area contributed by atoms with Gasteiger partial charge in [0.05, 0.1) is 19.8 Å². The third kappa shape index (κ3) is 3.19. The summed E-state index contributed by atoms with van der Waals surface area (Å²) in [6, 6.07) is 0.465. The highest BCUT2D eigenvalue weighted by molar-refractivity contribution is 7.98. The van der Waals surface area contributed by atoms with Crippen LogP contribution in [0.2, 0.25) is 0 Å². The molecule has 0 N–H and O–H groups in total. The average Bonchev–Trinajstić information content (AvgIpc) is 2.98. The van der Waals surface area contributed by atoms with Gasteiger partial charge >= 0.3 is 0 Å². The van der Waals surface area contributed by atoms with Gasteiger partial charge in [-0.25, -0.2) is 9.67 Å². The molecule has 3 heterocycles. The van der Waals surface area contributed by atoms with Crippen molar-refractivity contribution in [2.45, 2.75) is 49.8 Å². The van der Waals surface area contributed by atoms with Crippen LogP contribution in [0.1, 0.15) is 32.1 Å². The number of morpholine rings is 1. The van der Waals surface area contributed by atoms with Crippen LogP contribution in [0.4, 0.5) is 5.95 Å². The molecule has 2 aliphatic heterocycles. The third-order valence-electron chi connectivity index (χ3n) is 5.21. The topological polar surface area (TPSA) is 55.5 Å². The fourth-order valence-corrected chi connectivity index (χ4v) is 4.37. The van der Waals surface area contributed by atoms with Crippen molar-refractivity contribution in [2.24, 2.45) is 10.9 Å². The fraction of sp³-hybridized carbons (Fsp3) is 0.812. The van der Waals surface area contributed by atoms with E-state index in [0.717, 1.165) is 44.0 Å². The van der Waals surface area contributed by atoms with Gasteiger partial charge in [0.15, 0.2) is 0 Å². The Morgan fingerprint density at radius 2 is 1.96 bits per heavy atom. The van der Waals surface area contributed by atoms with Gasteiger partial charge in [0.2, 0.25) is 11.1 Å². The molecule has 1 saturated carbocycles. The molecule has 1 aromatic rings. The van der Waals surface area contributed by atoms with Crippen molar-refractivity contribution in [3.8, 4) is 0 Å². The quantitative estimate of drug-likeness (QED) is 0.777. The zero-order valence-corrected chi connectivity index (χ0v) is 14.6. The predicted octanol–water partition coefficient (Wildman–Crippen LogP) is 2.37. The summed E-state index contributed by atoms with van der Waals surface area (Å²) in [5, 5.41) is 5.41. The molecule has 23 heavy (non-hydrogen) atoms. The Morgan fingerprint density at radius 3 is 2.78 bits per heavy atom. The van der Waals surface area contributed by atoms with Crippen LogP contribution in [-0.2, 0) is 11.3 Å². The first kappa shape index (κ1) is 15.6. The van der Waals surface area contributed by atoms with Crippen molar-refractivity contribution in [3.05, 3.63) is 0 Å². The second kappa shape index (κ2) is 6.91. The van der Waals surface area contributed by atoms with Gasteiger partial charge in [-0.3, -0.25) is 4.90 Å². The molecule has 2 atom stereocenters. The zero-order chi connectivity index (χ0) is 15.6. The first-order valence-corrected chi connectivity index (χ1v) is 9.97. The van der Waals surface area contributed by atoms with Crippen molar-refractivity contribution in [1.29, 1.82) is 0 Å². The number of thioether (sulfide) groups is 1. The predicted molar refractivity (Wildman–Crippen MR) is 91.7 cm³/mol. The molecule has 0 amide bonds. The summed E-state index contributed by atoms with van der Waals surface area (Å²) >= 11 is 1.59. The van der Waals surface area contributed by atoms with Crippen molar-refractivity contribution < 1.29 is 4.74 Å². The van der Waals surface area contributed by atoms with Gasteiger partial charge in [-0.2, -0.15) is 4.98 Å². The molecule has 4 rings (SSSR count). The molecule has 6 nitrogen and oxygen atoms in total. The summed E-state index contributed by atoms with van der Waals surface area (Å²) in [5.74, 6) is 1.33. The minimum Gasteiger partial charge on any atom is -0.379 e. The minimum absolute atomic E-state index is 0.465. The number of hydrogen-bond acceptors (Lipinski definition) is 6. The smallest absolute Gasteiger partial charge is 0.248 e. The van der Waals surface area contributed by atoms with E-state index in [1.54, 1.807) is 11.8 Å². The van der Waals surface area contributed by atoms with Gasteiger partial charge in [0, 0.05) is 30.8 Å². The molecule has 0 spiro atoms. The normalized spacial score (nSPS) is 29.2. The van der Waals surface area contributed by atoms with E-state index in [9.17, 15) is 0 Å². The molecule has 3 aliphatic rings. The number of hydrogen-bond donors (Lipinski definition) is 0. The van der Waals surface area contributed by atoms with Gasteiger partial charge in [-0.1, -0.05) is 31.0 Å². The van der Waals surface area contributed by atoms with Gasteiger partial charge < -0.3 is 4.74 Å². The summed E-state index contributed by atoms with van der Waals surface area (Å²) in [7, 11) is 0. The molecule has 1 saturated heterocycles. The van der Waals surface area contributed by atoms with E-state index in [0.29, 0.717) is 12.0 Å². The third-order valence-corrected chi connectivity index (χ3v) is 5.75. The first-order chi connectivity index (χ1) is 11.3. The lowest BCUT2D eigenvalue weighted by molar-refractivity contribution is 0.0257. The lowest BCUT2D eigenvalue weighted by Crippen LogP contribution is -2.50. The molecule has 0 bridgehead atoms. The summed E-state index contributed by atoms with van der Waals surface area (Å²) < 4.78 is 7.56. The Morgan fingerprint density at radius 1 is 1.13 bits per heavy atom. The van der Waals surface area contributed by atoms with Crippen LogP contribution in [-0.4, -0.2) is 64.0 Å². The standard InChI is InChI=1S/C16H25N5OS/c1-23-16-18-15-17-14-12(11-21(15)19-16)5-3-2-4-6-13(14)20-7-9-22-10-8-20/h12-13H,2-11H2,1H3. The van der Waals surface area contributed by atoms with E-state index >= 15 is 0 Å². The lowest BCUT2D eigenvalue weighted by atomic mass is 9.84. The highest BCUT2D eigenvalue weighted by Crippen LogP contribution is 2.32. The Kier molecular flexibility index (Phi) is 4.68. The largest absolute Gasteiger partial charge is 0.379 e. The highest BCUT2D eigenvalue weighted by atomic mass is 32.2. The Bertz CT molecular complexity index is 581. The maximum Gasteiger partial charge on any atom is 0.248 e. The van der Waals surface area contributed by atoms with E-state index in [1.165, 1.54) is 37.8 Å². The number of aromatic nitrogens is 3. The van der Waals surface area contributed by atoms with Gasteiger partial charge in [0.25, 0.3) is 0 Å². The highest BCUT2D eigenvalue weighted by Gasteiger charge is 2.35. The molecule has 1 aromatic heterocycles. The Hall–Kier alpha value is -0.920. The number of nitrogens with zero attached hydrogens (tertiary/aromatic N) is 5. The molecule has 126 valence electrons. The number of rotatable bonds is 2. The fourth-order valence-electron chi connectivity index (χ4n) is 4.01. The molecule has 1 aliphatic carbocycles. The molecule has 7 heteroatoms. The van der Waals surface area contributed by atoms with E-state index in [4.69, 9.17) is 9.73 Å². The van der Waals surface area contributed by atoms with Crippen molar-refractivity contribution in [2.75, 3.05) is 32.6 Å². The first-order valence-electron chi connectivity index (χ1n) is 8.74. The maximum atomic E-state index is 5.55. The van der Waals surface area contributed by atoms with Crippen LogP contribution >= 0.6 is 11.8 Å². The van der Waals surface area contributed by atoms with Crippen LogP contribution in [0, 0.1) is 5.92 Å². The van der Waals surface area contributed by atoms with Gasteiger partial charge in [0.1, 0.15) is 0 Å². The zero-order valence-electron chi connectivity index (χ0n) is 13.8. The molecule has 0 aromatic carbocycles. The summed E-state index contributed by atoms with van der Waals surface area (Å²) in [4.78, 5) is 12.2. The second-order valence-corrected chi connectivity index (χ2v) is 7.39. The summed E-state index contributed by atoms with van der Waals surface area (Å²) in [6.07, 6.45) is 8.42. The van der Waals surface area contributed by atoms with E-state index < -0.39 is 0 Å². The van der Waals surface area contributed by atoms with Crippen molar-refractivity contribution in [3.63, 3.8) is 0 Å². The van der Waals surface area contributed by atoms with Crippen LogP contribution in [0.25, 0.3) is 0 Å². The van der Waals surface area contributed by atoms with Crippen LogP contribution in [0.15, 0.2) is 10.1 Å². The molecular formula is C16H25N5OS. The van der Waals surface area contributed by atoms with E-state index in [2.05, 4.69) is 15.0 Å². The number of ether oxygens (including phenoxy) is 1. The SMILES string of the molecule is CSc1nc2n(n1)CC1CCCCCC(N3CCOCC3)C1=N2. The Labute approximate surface area is 141 Å². The molecule has 2 unspecified atom stereocenters. The van der Waals surface area contributed by atoms with Crippen molar-refractivity contribution in [1.82, 2.24) is 19.7 Å². The molecule has 2 fully saturated rings. The maximum absolute atomic E-state index is 5.55. The summed E-state index contributed by atoms with van der Waals surface area (Å²) in [5.41, 5.74) is 1.36. The Balaban J connectivity index is 1.66. The van der Waals surface area contributed by atoms with E-state index in [-0.39, 0.29) is 0 Å². The minimum atomic E-state index is 0.465. The number of fused-ring (bicyclic) bond motifs is 2. The van der Waals surface area contributed by atoms with Crippen molar-refractivity contribution >= 4 is 23.4 Å². The van der Waals surface area contributed by atoms with Gasteiger partial charge in [-0.05, 0) is 19.1 Å². The average molecular weight is 335 g/mol. The summed E-state index contributed by atoms with van der Waals surface area (Å²) in [6.45, 7) is 4.70. The van der Waals surface area contributed by atoms with Crippen LogP contribution < -0.4 is 0 Å². The van der Waals surface area contributed by atoms with E-state index in [1.807, 2.05) is 10.9 Å². The second-order valence-electron chi connectivity index (χ2n) is 6.62. The van der Waals surface area contributed by atoms with Crippen LogP contribution in [0.3, 0.4) is 0 Å². The lowest BCUT2D eigenvalue weighted by Gasteiger charge is -2.39. The monoisotopic (exact) mass is 335 g/mol. The molecular weight excluding hydrogens is 310 g/mol.